The monoisotopic (exact) mass is 489 g/mol. The van der Waals surface area contributed by atoms with Crippen LogP contribution < -0.4 is 14.8 Å². The molecule has 0 aliphatic carbocycles. The molecule has 182 valence electrons. The SMILES string of the molecule is CCCc1cc(Oc2ccccc2)ccc1OCCCCc1ccc(C2(C)SC(=O)NC2=O)cc1. The third kappa shape index (κ3) is 6.25. The number of aryl methyl sites for hydroxylation is 2. The van der Waals surface area contributed by atoms with Gasteiger partial charge < -0.3 is 9.47 Å². The van der Waals surface area contributed by atoms with Gasteiger partial charge in [-0.15, -0.1) is 0 Å². The normalized spacial score (nSPS) is 17.3. The number of amides is 2. The number of unbranched alkanes of at least 4 members (excludes halogenated alkanes) is 1. The largest absolute Gasteiger partial charge is 0.493 e. The quantitative estimate of drug-likeness (QED) is 0.293. The number of thioether (sulfide) groups is 1. The van der Waals surface area contributed by atoms with E-state index >= 15 is 0 Å². The van der Waals surface area contributed by atoms with Crippen LogP contribution in [0.5, 0.6) is 17.2 Å². The molecule has 0 saturated carbocycles. The molecule has 1 fully saturated rings. The summed E-state index contributed by atoms with van der Waals surface area (Å²) in [6.45, 7) is 4.61. The molecule has 6 heteroatoms. The fourth-order valence-corrected chi connectivity index (χ4v) is 5.02. The highest BCUT2D eigenvalue weighted by Crippen LogP contribution is 2.41. The fraction of sp³-hybridized carbons (Fsp3) is 0.310. The van der Waals surface area contributed by atoms with Crippen LogP contribution in [0.25, 0.3) is 0 Å². The molecule has 2 amide bonds. The van der Waals surface area contributed by atoms with Crippen LogP contribution in [0, 0.1) is 0 Å². The summed E-state index contributed by atoms with van der Waals surface area (Å²) in [4.78, 5) is 23.7. The van der Waals surface area contributed by atoms with Gasteiger partial charge in [-0.2, -0.15) is 0 Å². The van der Waals surface area contributed by atoms with Gasteiger partial charge in [-0.1, -0.05) is 55.8 Å². The van der Waals surface area contributed by atoms with Crippen LogP contribution in [0.2, 0.25) is 0 Å². The first-order valence-electron chi connectivity index (χ1n) is 12.1. The summed E-state index contributed by atoms with van der Waals surface area (Å²) in [5, 5.41) is 2.08. The molecule has 4 rings (SSSR count). The third-order valence-electron chi connectivity index (χ3n) is 6.10. The van der Waals surface area contributed by atoms with E-state index in [0.717, 1.165) is 72.2 Å². The molecule has 3 aromatic carbocycles. The Balaban J connectivity index is 1.26. The minimum absolute atomic E-state index is 0.250. The van der Waals surface area contributed by atoms with Crippen molar-refractivity contribution in [2.75, 3.05) is 6.61 Å². The average molecular weight is 490 g/mol. The number of ether oxygens (including phenoxy) is 2. The zero-order chi connectivity index (χ0) is 24.7. The summed E-state index contributed by atoms with van der Waals surface area (Å²) >= 11 is 1.04. The maximum atomic E-state index is 12.1. The molecular formula is C29H31NO4S. The van der Waals surface area contributed by atoms with E-state index in [4.69, 9.17) is 9.47 Å². The molecule has 1 N–H and O–H groups in total. The van der Waals surface area contributed by atoms with Gasteiger partial charge in [0.15, 0.2) is 0 Å². The van der Waals surface area contributed by atoms with E-state index in [-0.39, 0.29) is 11.1 Å². The van der Waals surface area contributed by atoms with Gasteiger partial charge in [0.2, 0.25) is 5.91 Å². The second kappa shape index (κ2) is 11.5. The van der Waals surface area contributed by atoms with Crippen molar-refractivity contribution >= 4 is 22.9 Å². The molecule has 3 aromatic rings. The number of benzene rings is 3. The highest BCUT2D eigenvalue weighted by atomic mass is 32.2. The molecule has 0 radical (unpaired) electrons. The summed E-state index contributed by atoms with van der Waals surface area (Å²) in [5.41, 5.74) is 3.22. The van der Waals surface area contributed by atoms with Crippen LogP contribution in [0.4, 0.5) is 4.79 Å². The summed E-state index contributed by atoms with van der Waals surface area (Å²) < 4.78 is 11.2. The lowest BCUT2D eigenvalue weighted by Gasteiger charge is -2.19. The first-order chi connectivity index (χ1) is 17.0. The summed E-state index contributed by atoms with van der Waals surface area (Å²) in [5.74, 6) is 2.32. The summed E-state index contributed by atoms with van der Waals surface area (Å²) in [6.07, 6.45) is 4.86. The standard InChI is InChI=1S/C29H31NO4S/c1-3-9-22-20-25(34-24-11-5-4-6-12-24)17-18-26(22)33-19-8-7-10-21-13-15-23(16-14-21)29(2)27(31)30-28(32)35-29/h4-6,11-18,20H,3,7-10,19H2,1-2H3,(H,30,31,32). The van der Waals surface area contributed by atoms with E-state index in [2.05, 4.69) is 18.3 Å². The maximum absolute atomic E-state index is 12.1. The van der Waals surface area contributed by atoms with Gasteiger partial charge in [0.1, 0.15) is 22.0 Å². The van der Waals surface area contributed by atoms with E-state index in [1.165, 1.54) is 5.56 Å². The van der Waals surface area contributed by atoms with Gasteiger partial charge in [-0.05, 0) is 91.4 Å². The van der Waals surface area contributed by atoms with Crippen LogP contribution in [-0.2, 0) is 22.4 Å². The Morgan fingerprint density at radius 2 is 1.66 bits per heavy atom. The van der Waals surface area contributed by atoms with E-state index in [1.54, 1.807) is 6.92 Å². The van der Waals surface area contributed by atoms with Gasteiger partial charge >= 0.3 is 0 Å². The van der Waals surface area contributed by atoms with E-state index < -0.39 is 4.75 Å². The highest BCUT2D eigenvalue weighted by molar-refractivity contribution is 8.15. The minimum Gasteiger partial charge on any atom is -0.493 e. The number of hydrogen-bond donors (Lipinski definition) is 1. The lowest BCUT2D eigenvalue weighted by Crippen LogP contribution is -2.31. The number of carbonyl (C=O) groups excluding carboxylic acids is 2. The van der Waals surface area contributed by atoms with Crippen LogP contribution >= 0.6 is 11.8 Å². The van der Waals surface area contributed by atoms with Crippen molar-refractivity contribution in [2.45, 2.75) is 50.7 Å². The number of para-hydroxylation sites is 1. The molecule has 5 nitrogen and oxygen atoms in total. The number of hydrogen-bond acceptors (Lipinski definition) is 5. The van der Waals surface area contributed by atoms with Crippen molar-refractivity contribution in [3.05, 3.63) is 89.5 Å². The molecule has 0 spiro atoms. The number of rotatable bonds is 11. The fourth-order valence-electron chi connectivity index (χ4n) is 4.11. The van der Waals surface area contributed by atoms with Crippen LogP contribution in [-0.4, -0.2) is 17.8 Å². The zero-order valence-corrected chi connectivity index (χ0v) is 21.0. The Morgan fingerprint density at radius 3 is 2.34 bits per heavy atom. The smallest absolute Gasteiger partial charge is 0.287 e. The second-order valence-corrected chi connectivity index (χ2v) is 10.2. The number of imide groups is 1. The van der Waals surface area contributed by atoms with Crippen LogP contribution in [0.1, 0.15) is 49.8 Å². The molecule has 1 saturated heterocycles. The topological polar surface area (TPSA) is 64.6 Å². The van der Waals surface area contributed by atoms with Crippen molar-refractivity contribution < 1.29 is 19.1 Å². The molecule has 1 unspecified atom stereocenters. The summed E-state index contributed by atoms with van der Waals surface area (Å²) in [6, 6.07) is 23.8. The minimum atomic E-state index is -0.846. The Bertz CT molecular complexity index is 1160. The Kier molecular flexibility index (Phi) is 8.13. The number of nitrogens with one attached hydrogen (secondary N) is 1. The Morgan fingerprint density at radius 1 is 0.886 bits per heavy atom. The molecule has 1 heterocycles. The molecular weight excluding hydrogens is 458 g/mol. The van der Waals surface area contributed by atoms with Gasteiger partial charge in [0.05, 0.1) is 6.61 Å². The van der Waals surface area contributed by atoms with Gasteiger partial charge in [-0.25, -0.2) is 0 Å². The lowest BCUT2D eigenvalue weighted by molar-refractivity contribution is -0.121. The van der Waals surface area contributed by atoms with Crippen molar-refractivity contribution in [2.24, 2.45) is 0 Å². The predicted octanol–water partition coefficient (Wildman–Crippen LogP) is 7.03. The molecule has 1 aliphatic rings. The van der Waals surface area contributed by atoms with E-state index in [0.29, 0.717) is 6.61 Å². The summed E-state index contributed by atoms with van der Waals surface area (Å²) in [7, 11) is 0. The zero-order valence-electron chi connectivity index (χ0n) is 20.2. The lowest BCUT2D eigenvalue weighted by atomic mass is 9.97. The predicted molar refractivity (Wildman–Crippen MR) is 140 cm³/mol. The second-order valence-electron chi connectivity index (χ2n) is 8.81. The molecule has 0 aromatic heterocycles. The first-order valence-corrected chi connectivity index (χ1v) is 12.9. The highest BCUT2D eigenvalue weighted by Gasteiger charge is 2.45. The molecule has 35 heavy (non-hydrogen) atoms. The maximum Gasteiger partial charge on any atom is 0.287 e. The van der Waals surface area contributed by atoms with Crippen molar-refractivity contribution in [3.63, 3.8) is 0 Å². The van der Waals surface area contributed by atoms with E-state index in [9.17, 15) is 9.59 Å². The van der Waals surface area contributed by atoms with Crippen LogP contribution in [0.3, 0.4) is 0 Å². The van der Waals surface area contributed by atoms with Gasteiger partial charge in [0.25, 0.3) is 5.24 Å². The average Bonchev–Trinajstić information content (AvgIpc) is 3.13. The Labute approximate surface area is 211 Å². The van der Waals surface area contributed by atoms with Crippen LogP contribution in [0.15, 0.2) is 72.8 Å². The van der Waals surface area contributed by atoms with Crippen molar-refractivity contribution in [3.8, 4) is 17.2 Å². The third-order valence-corrected chi connectivity index (χ3v) is 7.21. The van der Waals surface area contributed by atoms with Crippen molar-refractivity contribution in [1.29, 1.82) is 0 Å². The Hall–Kier alpha value is -3.25. The first kappa shape index (κ1) is 24.9. The number of carbonyl (C=O) groups is 2. The molecule has 1 atom stereocenters. The van der Waals surface area contributed by atoms with Gasteiger partial charge in [-0.3, -0.25) is 14.9 Å². The van der Waals surface area contributed by atoms with E-state index in [1.807, 2.05) is 66.7 Å². The van der Waals surface area contributed by atoms with Gasteiger partial charge in [0, 0.05) is 0 Å². The molecule has 1 aliphatic heterocycles. The van der Waals surface area contributed by atoms with Crippen molar-refractivity contribution in [1.82, 2.24) is 5.32 Å². The molecule has 0 bridgehead atoms.